The summed E-state index contributed by atoms with van der Waals surface area (Å²) in [4.78, 5) is 26.2. The Morgan fingerprint density at radius 1 is 1.11 bits per heavy atom. The zero-order valence-electron chi connectivity index (χ0n) is 17.6. The molecule has 150 valence electrons. The monoisotopic (exact) mass is 381 g/mol. The first kappa shape index (κ1) is 20.1. The Kier molecular flexibility index (Phi) is 6.17. The minimum absolute atomic E-state index is 0.130. The van der Waals surface area contributed by atoms with E-state index in [1.54, 1.807) is 6.07 Å². The zero-order valence-corrected chi connectivity index (χ0v) is 17.6. The van der Waals surface area contributed by atoms with Gasteiger partial charge in [-0.2, -0.15) is 0 Å². The summed E-state index contributed by atoms with van der Waals surface area (Å²) in [7, 11) is 0. The third-order valence-electron chi connectivity index (χ3n) is 5.54. The van der Waals surface area contributed by atoms with Gasteiger partial charge in [-0.15, -0.1) is 0 Å². The van der Waals surface area contributed by atoms with Crippen molar-refractivity contribution in [1.82, 2.24) is 15.3 Å². The van der Waals surface area contributed by atoms with Crippen LogP contribution in [0.4, 0.5) is 11.6 Å². The molecular formula is C22H31N5O. The van der Waals surface area contributed by atoms with Gasteiger partial charge in [0, 0.05) is 43.6 Å². The fourth-order valence-corrected chi connectivity index (χ4v) is 3.44. The van der Waals surface area contributed by atoms with Gasteiger partial charge in [0.15, 0.2) is 0 Å². The van der Waals surface area contributed by atoms with Crippen molar-refractivity contribution in [3.63, 3.8) is 0 Å². The number of carbonyl (C=O) groups excluding carboxylic acids is 1. The Morgan fingerprint density at radius 3 is 2.46 bits per heavy atom. The molecule has 1 aliphatic heterocycles. The molecule has 1 aromatic heterocycles. The van der Waals surface area contributed by atoms with E-state index in [0.29, 0.717) is 11.6 Å². The number of nitrogens with one attached hydrogen (secondary N) is 1. The second-order valence-corrected chi connectivity index (χ2v) is 7.67. The fraction of sp³-hybridized carbons (Fsp3) is 0.500. The zero-order chi connectivity index (χ0) is 20.3. The number of hydrogen-bond donors (Lipinski definition) is 1. The number of aromatic nitrogens is 2. The molecule has 1 fully saturated rings. The Morgan fingerprint density at radius 2 is 1.79 bits per heavy atom. The van der Waals surface area contributed by atoms with Gasteiger partial charge in [0.05, 0.1) is 0 Å². The molecule has 0 radical (unpaired) electrons. The quantitative estimate of drug-likeness (QED) is 0.861. The van der Waals surface area contributed by atoms with E-state index in [1.165, 1.54) is 16.8 Å². The average molecular weight is 382 g/mol. The molecule has 1 unspecified atom stereocenters. The largest absolute Gasteiger partial charge is 0.368 e. The molecule has 1 N–H and O–H groups in total. The number of rotatable bonds is 5. The maximum atomic E-state index is 12.5. The van der Waals surface area contributed by atoms with Crippen LogP contribution in [-0.4, -0.2) is 48.1 Å². The van der Waals surface area contributed by atoms with Gasteiger partial charge >= 0.3 is 0 Å². The molecule has 28 heavy (non-hydrogen) atoms. The van der Waals surface area contributed by atoms with Crippen molar-refractivity contribution < 1.29 is 4.79 Å². The molecule has 1 amide bonds. The van der Waals surface area contributed by atoms with E-state index in [-0.39, 0.29) is 11.9 Å². The van der Waals surface area contributed by atoms with Crippen LogP contribution in [0.1, 0.15) is 47.6 Å². The predicted octanol–water partition coefficient (Wildman–Crippen LogP) is 3.26. The molecule has 1 aromatic carbocycles. The van der Waals surface area contributed by atoms with Gasteiger partial charge in [-0.05, 0) is 57.4 Å². The number of amides is 1. The van der Waals surface area contributed by atoms with Gasteiger partial charge in [0.25, 0.3) is 5.91 Å². The number of aryl methyl sites for hydroxylation is 2. The Bertz CT molecular complexity index is 843. The van der Waals surface area contributed by atoms with Crippen LogP contribution in [0.25, 0.3) is 0 Å². The van der Waals surface area contributed by atoms with Crippen LogP contribution in [-0.2, 0) is 0 Å². The van der Waals surface area contributed by atoms with Crippen LogP contribution < -0.4 is 15.1 Å². The van der Waals surface area contributed by atoms with Crippen molar-refractivity contribution in [3.05, 3.63) is 46.8 Å². The molecular weight excluding hydrogens is 350 g/mol. The van der Waals surface area contributed by atoms with Gasteiger partial charge in [-0.3, -0.25) is 4.79 Å². The summed E-state index contributed by atoms with van der Waals surface area (Å²) in [6, 6.07) is 8.36. The molecule has 6 heteroatoms. The van der Waals surface area contributed by atoms with E-state index in [0.717, 1.165) is 38.3 Å². The predicted molar refractivity (Wildman–Crippen MR) is 114 cm³/mol. The van der Waals surface area contributed by atoms with E-state index in [9.17, 15) is 4.79 Å². The van der Waals surface area contributed by atoms with E-state index in [1.807, 2.05) is 13.8 Å². The summed E-state index contributed by atoms with van der Waals surface area (Å²) in [5.41, 5.74) is 5.22. The third kappa shape index (κ3) is 4.43. The first-order valence-corrected chi connectivity index (χ1v) is 10.1. The maximum Gasteiger partial charge on any atom is 0.270 e. The van der Waals surface area contributed by atoms with Crippen molar-refractivity contribution >= 4 is 17.5 Å². The summed E-state index contributed by atoms with van der Waals surface area (Å²) in [6.07, 6.45) is 0.892. The number of hydrogen-bond acceptors (Lipinski definition) is 5. The summed E-state index contributed by atoms with van der Waals surface area (Å²) in [5.74, 6) is 0.519. The highest BCUT2D eigenvalue weighted by Crippen LogP contribution is 2.24. The number of nitrogens with zero attached hydrogens (tertiary/aromatic N) is 4. The fourth-order valence-electron chi connectivity index (χ4n) is 3.44. The highest BCUT2D eigenvalue weighted by Gasteiger charge is 2.22. The maximum absolute atomic E-state index is 12.5. The van der Waals surface area contributed by atoms with Crippen LogP contribution in [0.15, 0.2) is 24.3 Å². The van der Waals surface area contributed by atoms with Crippen molar-refractivity contribution in [3.8, 4) is 0 Å². The highest BCUT2D eigenvalue weighted by atomic mass is 16.1. The smallest absolute Gasteiger partial charge is 0.270 e. The number of carbonyl (C=O) groups is 1. The van der Waals surface area contributed by atoms with E-state index < -0.39 is 0 Å². The van der Waals surface area contributed by atoms with E-state index >= 15 is 0 Å². The van der Waals surface area contributed by atoms with Gasteiger partial charge in [-0.25, -0.2) is 9.97 Å². The third-order valence-corrected chi connectivity index (χ3v) is 5.54. The van der Waals surface area contributed by atoms with Crippen LogP contribution >= 0.6 is 0 Å². The standard InChI is InChI=1S/C22H31N5O/c1-6-16(3)23-21(28)19-14-17(4)24-22(25-19)27-12-10-26(11-13-27)20-9-7-8-15(2)18(20)5/h7-9,14,16H,6,10-13H2,1-5H3,(H,23,28). The molecule has 0 spiro atoms. The molecule has 1 saturated heterocycles. The van der Waals surface area contributed by atoms with Crippen molar-refractivity contribution in [2.24, 2.45) is 0 Å². The lowest BCUT2D eigenvalue weighted by molar-refractivity contribution is 0.0934. The Hall–Kier alpha value is -2.63. The molecule has 2 aromatic rings. The second-order valence-electron chi connectivity index (χ2n) is 7.67. The number of anilines is 2. The van der Waals surface area contributed by atoms with Gasteiger partial charge in [-0.1, -0.05) is 19.1 Å². The Balaban J connectivity index is 1.72. The van der Waals surface area contributed by atoms with Crippen LogP contribution in [0.3, 0.4) is 0 Å². The minimum atomic E-state index is -0.130. The molecule has 1 atom stereocenters. The lowest BCUT2D eigenvalue weighted by Crippen LogP contribution is -2.47. The van der Waals surface area contributed by atoms with E-state index in [2.05, 4.69) is 64.1 Å². The van der Waals surface area contributed by atoms with Crippen LogP contribution in [0.2, 0.25) is 0 Å². The topological polar surface area (TPSA) is 61.4 Å². The first-order chi connectivity index (χ1) is 13.4. The first-order valence-electron chi connectivity index (χ1n) is 10.1. The van der Waals surface area contributed by atoms with Gasteiger partial charge < -0.3 is 15.1 Å². The number of piperazine rings is 1. The number of benzene rings is 1. The van der Waals surface area contributed by atoms with Crippen LogP contribution in [0.5, 0.6) is 0 Å². The molecule has 0 bridgehead atoms. The molecule has 3 rings (SSSR count). The van der Waals surface area contributed by atoms with Crippen molar-refractivity contribution in [2.75, 3.05) is 36.0 Å². The summed E-state index contributed by atoms with van der Waals surface area (Å²) in [5, 5.41) is 2.99. The van der Waals surface area contributed by atoms with Gasteiger partial charge in [0.1, 0.15) is 5.69 Å². The van der Waals surface area contributed by atoms with Crippen LogP contribution in [0, 0.1) is 20.8 Å². The lowest BCUT2D eigenvalue weighted by Gasteiger charge is -2.37. The highest BCUT2D eigenvalue weighted by molar-refractivity contribution is 5.92. The molecule has 0 saturated carbocycles. The molecule has 2 heterocycles. The lowest BCUT2D eigenvalue weighted by atomic mass is 10.1. The molecule has 6 nitrogen and oxygen atoms in total. The molecule has 1 aliphatic rings. The van der Waals surface area contributed by atoms with Gasteiger partial charge in [0.2, 0.25) is 5.95 Å². The minimum Gasteiger partial charge on any atom is -0.368 e. The Labute approximate surface area is 168 Å². The average Bonchev–Trinajstić information content (AvgIpc) is 2.69. The normalized spacial score (nSPS) is 15.5. The second kappa shape index (κ2) is 8.59. The SMILES string of the molecule is CCC(C)NC(=O)c1cc(C)nc(N2CCN(c3cccc(C)c3C)CC2)n1. The molecule has 0 aliphatic carbocycles. The van der Waals surface area contributed by atoms with Crippen molar-refractivity contribution in [2.45, 2.75) is 47.1 Å². The summed E-state index contributed by atoms with van der Waals surface area (Å²) in [6.45, 7) is 13.8. The van der Waals surface area contributed by atoms with Crippen molar-refractivity contribution in [1.29, 1.82) is 0 Å². The van der Waals surface area contributed by atoms with E-state index in [4.69, 9.17) is 0 Å². The summed E-state index contributed by atoms with van der Waals surface area (Å²) < 4.78 is 0. The summed E-state index contributed by atoms with van der Waals surface area (Å²) >= 11 is 0.